The summed E-state index contributed by atoms with van der Waals surface area (Å²) in [5, 5.41) is 10.1. The number of ether oxygens (including phenoxy) is 1. The van der Waals surface area contributed by atoms with Crippen LogP contribution in [0.3, 0.4) is 0 Å². The predicted molar refractivity (Wildman–Crippen MR) is 115 cm³/mol. The molecule has 0 unspecified atom stereocenters. The Morgan fingerprint density at radius 2 is 1.93 bits per heavy atom. The normalized spacial score (nSPS) is 17.0. The van der Waals surface area contributed by atoms with E-state index in [0.29, 0.717) is 28.3 Å². The number of carbonyl (C=O) groups is 1. The highest BCUT2D eigenvalue weighted by atomic mass is 35.5. The zero-order valence-corrected chi connectivity index (χ0v) is 18.0. The molecule has 0 atom stereocenters. The van der Waals surface area contributed by atoms with Gasteiger partial charge in [-0.3, -0.25) is 4.79 Å². The van der Waals surface area contributed by atoms with Crippen LogP contribution in [0.15, 0.2) is 29.3 Å². The van der Waals surface area contributed by atoms with Crippen molar-refractivity contribution in [3.8, 4) is 0 Å². The predicted octanol–water partition coefficient (Wildman–Crippen LogP) is 5.37. The van der Waals surface area contributed by atoms with Crippen LogP contribution in [0.1, 0.15) is 44.6 Å². The van der Waals surface area contributed by atoms with Crippen molar-refractivity contribution < 1.29 is 14.6 Å². The highest BCUT2D eigenvalue weighted by molar-refractivity contribution is 6.34. The fourth-order valence-electron chi connectivity index (χ4n) is 3.38. The van der Waals surface area contributed by atoms with Gasteiger partial charge in [0.2, 0.25) is 0 Å². The molecule has 0 saturated carbocycles. The highest BCUT2D eigenvalue weighted by Crippen LogP contribution is 2.26. The van der Waals surface area contributed by atoms with Gasteiger partial charge in [0.25, 0.3) is 0 Å². The van der Waals surface area contributed by atoms with Gasteiger partial charge < -0.3 is 14.7 Å². The molecule has 0 aliphatic carbocycles. The third-order valence-corrected chi connectivity index (χ3v) is 5.33. The van der Waals surface area contributed by atoms with Crippen molar-refractivity contribution in [2.45, 2.75) is 39.0 Å². The van der Waals surface area contributed by atoms with Crippen LogP contribution in [0.25, 0.3) is 5.70 Å². The van der Waals surface area contributed by atoms with Gasteiger partial charge in [0, 0.05) is 35.0 Å². The Hall–Kier alpha value is -1.56. The zero-order valence-electron chi connectivity index (χ0n) is 16.5. The summed E-state index contributed by atoms with van der Waals surface area (Å²) in [5.74, 6) is 0.248. The first-order valence-electron chi connectivity index (χ1n) is 9.63. The Labute approximate surface area is 177 Å². The smallest absolute Gasteiger partial charge is 0.303 e. The first-order valence-corrected chi connectivity index (χ1v) is 10.4. The lowest BCUT2D eigenvalue weighted by molar-refractivity contribution is -0.138. The van der Waals surface area contributed by atoms with Crippen molar-refractivity contribution in [2.24, 2.45) is 10.9 Å². The van der Waals surface area contributed by atoms with Gasteiger partial charge in [-0.05, 0) is 56.5 Å². The summed E-state index contributed by atoms with van der Waals surface area (Å²) in [7, 11) is 1.62. The molecule has 1 aliphatic rings. The topological polar surface area (TPSA) is 62.1 Å². The zero-order chi connectivity index (χ0) is 20.5. The molecule has 1 aromatic carbocycles. The van der Waals surface area contributed by atoms with Gasteiger partial charge in [0.15, 0.2) is 5.90 Å². The fourth-order valence-corrected chi connectivity index (χ4v) is 3.90. The van der Waals surface area contributed by atoms with Gasteiger partial charge >= 0.3 is 5.97 Å². The highest BCUT2D eigenvalue weighted by Gasteiger charge is 2.20. The molecular formula is C21H28Cl2N2O3. The molecule has 0 amide bonds. The molecule has 0 aromatic heterocycles. The standard InChI is InChI=1S/C21H28Cl2N2O3/c1-3-20(28-2)24-19(16-12-17(22)14-18(23)13-16)5-4-8-25-9-6-15(7-10-25)11-21(26)27/h5,12-15H,3-4,6-11H2,1-2H3,(H,26,27)/b19-5-,24-20?. The molecule has 1 aliphatic heterocycles. The second-order valence-corrected chi connectivity index (χ2v) is 7.86. The molecule has 28 heavy (non-hydrogen) atoms. The van der Waals surface area contributed by atoms with E-state index in [0.717, 1.165) is 50.2 Å². The number of nitrogens with zero attached hydrogens (tertiary/aromatic N) is 2. The van der Waals surface area contributed by atoms with Crippen molar-refractivity contribution in [1.29, 1.82) is 0 Å². The van der Waals surface area contributed by atoms with Gasteiger partial charge in [-0.25, -0.2) is 4.99 Å². The lowest BCUT2D eigenvalue weighted by Gasteiger charge is -2.31. The van der Waals surface area contributed by atoms with Crippen molar-refractivity contribution in [3.63, 3.8) is 0 Å². The van der Waals surface area contributed by atoms with Crippen LogP contribution < -0.4 is 0 Å². The molecule has 0 spiro atoms. The molecule has 0 bridgehead atoms. The molecule has 5 nitrogen and oxygen atoms in total. The maximum Gasteiger partial charge on any atom is 0.303 e. The van der Waals surface area contributed by atoms with Crippen molar-refractivity contribution in [3.05, 3.63) is 39.9 Å². The number of likely N-dealkylation sites (tertiary alicyclic amines) is 1. The molecule has 7 heteroatoms. The molecule has 1 fully saturated rings. The number of carboxylic acid groups (broad SMARTS) is 1. The Morgan fingerprint density at radius 1 is 1.29 bits per heavy atom. The summed E-state index contributed by atoms with van der Waals surface area (Å²) in [6, 6.07) is 5.40. The Bertz CT molecular complexity index is 700. The van der Waals surface area contributed by atoms with Crippen LogP contribution >= 0.6 is 23.2 Å². The molecule has 1 N–H and O–H groups in total. The number of rotatable bonds is 8. The third-order valence-electron chi connectivity index (χ3n) is 4.90. The molecular weight excluding hydrogens is 399 g/mol. The van der Waals surface area contributed by atoms with E-state index in [1.54, 1.807) is 13.2 Å². The van der Waals surface area contributed by atoms with Crippen LogP contribution in [0.2, 0.25) is 10.0 Å². The summed E-state index contributed by atoms with van der Waals surface area (Å²) >= 11 is 12.3. The Balaban J connectivity index is 2.04. The molecule has 1 aromatic rings. The van der Waals surface area contributed by atoms with E-state index in [4.69, 9.17) is 33.0 Å². The molecule has 1 saturated heterocycles. The summed E-state index contributed by atoms with van der Waals surface area (Å²) < 4.78 is 5.34. The minimum Gasteiger partial charge on any atom is -0.484 e. The van der Waals surface area contributed by atoms with Crippen LogP contribution in [-0.4, -0.2) is 48.6 Å². The van der Waals surface area contributed by atoms with Crippen LogP contribution in [-0.2, 0) is 9.53 Å². The number of piperidine rings is 1. The molecule has 154 valence electrons. The average Bonchev–Trinajstić information content (AvgIpc) is 2.64. The van der Waals surface area contributed by atoms with Gasteiger partial charge in [-0.2, -0.15) is 0 Å². The number of carboxylic acids is 1. The van der Waals surface area contributed by atoms with Crippen molar-refractivity contribution >= 4 is 40.8 Å². The van der Waals surface area contributed by atoms with Crippen LogP contribution in [0.5, 0.6) is 0 Å². The van der Waals surface area contributed by atoms with Gasteiger partial charge in [-0.15, -0.1) is 0 Å². The lowest BCUT2D eigenvalue weighted by atomic mass is 9.93. The number of benzene rings is 1. The number of halogens is 2. The summed E-state index contributed by atoms with van der Waals surface area (Å²) in [6.45, 7) is 4.77. The van der Waals surface area contributed by atoms with E-state index in [9.17, 15) is 4.79 Å². The van der Waals surface area contributed by atoms with E-state index in [1.165, 1.54) is 0 Å². The SMILES string of the molecule is CCC(=N/C(=C\CCN1CCC(CC(=O)O)CC1)c1cc(Cl)cc(Cl)c1)OC. The van der Waals surface area contributed by atoms with E-state index in [-0.39, 0.29) is 6.42 Å². The van der Waals surface area contributed by atoms with Gasteiger partial charge in [0.1, 0.15) is 0 Å². The molecule has 2 rings (SSSR count). The van der Waals surface area contributed by atoms with Crippen LogP contribution in [0, 0.1) is 5.92 Å². The number of methoxy groups -OCH3 is 1. The lowest BCUT2D eigenvalue weighted by Crippen LogP contribution is -2.34. The first-order chi connectivity index (χ1) is 13.4. The number of hydrogen-bond donors (Lipinski definition) is 1. The average molecular weight is 427 g/mol. The maximum atomic E-state index is 10.9. The van der Waals surface area contributed by atoms with E-state index in [1.807, 2.05) is 19.1 Å². The third kappa shape index (κ3) is 7.46. The van der Waals surface area contributed by atoms with Crippen molar-refractivity contribution in [1.82, 2.24) is 4.90 Å². The first kappa shape index (κ1) is 22.7. The number of hydrogen-bond acceptors (Lipinski definition) is 4. The summed E-state index contributed by atoms with van der Waals surface area (Å²) in [4.78, 5) is 17.9. The van der Waals surface area contributed by atoms with E-state index >= 15 is 0 Å². The second-order valence-electron chi connectivity index (χ2n) is 6.98. The molecule has 0 radical (unpaired) electrons. The fraction of sp³-hybridized carbons (Fsp3) is 0.524. The maximum absolute atomic E-state index is 10.9. The Kier molecular flexibility index (Phi) is 9.29. The summed E-state index contributed by atoms with van der Waals surface area (Å²) in [6.07, 6.45) is 5.76. The second kappa shape index (κ2) is 11.4. The Morgan fingerprint density at radius 3 is 2.46 bits per heavy atom. The van der Waals surface area contributed by atoms with E-state index < -0.39 is 5.97 Å². The van der Waals surface area contributed by atoms with Crippen molar-refractivity contribution in [2.75, 3.05) is 26.7 Å². The minimum absolute atomic E-state index is 0.277. The number of aliphatic carboxylic acids is 1. The van der Waals surface area contributed by atoms with Gasteiger partial charge in [0.05, 0.1) is 12.8 Å². The van der Waals surface area contributed by atoms with Crippen LogP contribution in [0.4, 0.5) is 0 Å². The largest absolute Gasteiger partial charge is 0.484 e. The van der Waals surface area contributed by atoms with E-state index in [2.05, 4.69) is 16.0 Å². The van der Waals surface area contributed by atoms with Gasteiger partial charge in [-0.1, -0.05) is 36.2 Å². The summed E-state index contributed by atoms with van der Waals surface area (Å²) in [5.41, 5.74) is 1.66. The number of aliphatic imine (C=N–C) groups is 1. The monoisotopic (exact) mass is 426 g/mol. The minimum atomic E-state index is -0.700. The molecule has 1 heterocycles. The quantitative estimate of drug-likeness (QED) is 0.448.